The molecule has 0 aliphatic carbocycles. The minimum absolute atomic E-state index is 0.0249. The molecule has 100 valence electrons. The Kier molecular flexibility index (Phi) is 8.62. The van der Waals surface area contributed by atoms with Crippen molar-refractivity contribution in [1.29, 1.82) is 0 Å². The van der Waals surface area contributed by atoms with Crippen LogP contribution in [0.4, 0.5) is 0 Å². The number of carbonyl (C=O) groups excluding carboxylic acids is 3. The number of nitrogens with zero attached hydrogens (tertiary/aromatic N) is 1. The van der Waals surface area contributed by atoms with Crippen molar-refractivity contribution in [3.63, 3.8) is 0 Å². The molecule has 0 aliphatic heterocycles. The van der Waals surface area contributed by atoms with E-state index in [9.17, 15) is 14.4 Å². The van der Waals surface area contributed by atoms with Gasteiger partial charge in [-0.15, -0.1) is 0 Å². The van der Waals surface area contributed by atoms with E-state index in [-0.39, 0.29) is 13.2 Å². The first-order valence-corrected chi connectivity index (χ1v) is 5.11. The molecule has 0 radical (unpaired) electrons. The van der Waals surface area contributed by atoms with Crippen molar-refractivity contribution < 1.29 is 23.9 Å². The molecule has 0 atom stereocenters. The van der Waals surface area contributed by atoms with Crippen LogP contribution in [0.1, 0.15) is 0 Å². The maximum atomic E-state index is 11.1. The van der Waals surface area contributed by atoms with Crippen LogP contribution in [0.15, 0.2) is 24.6 Å². The highest BCUT2D eigenvalue weighted by Gasteiger charge is 2.01. The number of rotatable bonds is 8. The van der Waals surface area contributed by atoms with Crippen LogP contribution in [-0.2, 0) is 23.9 Å². The Balaban J connectivity index is 3.92. The molecular weight excluding hydrogens is 240 g/mol. The Morgan fingerprint density at radius 3 is 2.50 bits per heavy atom. The Labute approximate surface area is 105 Å². The van der Waals surface area contributed by atoms with E-state index in [1.807, 2.05) is 0 Å². The first kappa shape index (κ1) is 15.7. The fourth-order valence-corrected chi connectivity index (χ4v) is 0.837. The minimum atomic E-state index is -0.677. The van der Waals surface area contributed by atoms with Gasteiger partial charge in [-0.25, -0.2) is 9.59 Å². The van der Waals surface area contributed by atoms with Crippen LogP contribution in [0.2, 0.25) is 0 Å². The van der Waals surface area contributed by atoms with Gasteiger partial charge in [0, 0.05) is 31.6 Å². The van der Waals surface area contributed by atoms with E-state index in [0.717, 1.165) is 12.2 Å². The molecule has 0 aromatic heterocycles. The predicted octanol–water partition coefficient (Wildman–Crippen LogP) is -0.592. The van der Waals surface area contributed by atoms with E-state index in [4.69, 9.17) is 4.74 Å². The topological polar surface area (TPSA) is 84.9 Å². The molecule has 1 N–H and O–H groups in total. The standard InChI is InChI=1S/C11H16N2O5/c1-12-5-6-13(9-14)7-8-18-11(16)4-3-10(15)17-2/h3-6,9,12H,7-8H2,1-2H3/b4-3+,6-5-. The monoisotopic (exact) mass is 256 g/mol. The average molecular weight is 256 g/mol. The van der Waals surface area contributed by atoms with E-state index in [1.54, 1.807) is 13.2 Å². The average Bonchev–Trinajstić information content (AvgIpc) is 2.39. The van der Waals surface area contributed by atoms with Crippen molar-refractivity contribution in [3.8, 4) is 0 Å². The lowest BCUT2D eigenvalue weighted by molar-refractivity contribution is -0.140. The second-order valence-corrected chi connectivity index (χ2v) is 2.97. The summed E-state index contributed by atoms with van der Waals surface area (Å²) in [7, 11) is 2.89. The molecule has 0 bridgehead atoms. The van der Waals surface area contributed by atoms with Crippen LogP contribution in [0.25, 0.3) is 0 Å². The van der Waals surface area contributed by atoms with E-state index < -0.39 is 11.9 Å². The highest BCUT2D eigenvalue weighted by Crippen LogP contribution is 1.88. The fourth-order valence-electron chi connectivity index (χ4n) is 0.837. The normalized spacial score (nSPS) is 10.3. The molecule has 0 fully saturated rings. The molecule has 1 amide bonds. The molecule has 18 heavy (non-hydrogen) atoms. The molecule has 7 nitrogen and oxygen atoms in total. The van der Waals surface area contributed by atoms with E-state index in [1.165, 1.54) is 18.2 Å². The number of ether oxygens (including phenoxy) is 2. The van der Waals surface area contributed by atoms with Gasteiger partial charge in [-0.1, -0.05) is 0 Å². The second kappa shape index (κ2) is 9.88. The van der Waals surface area contributed by atoms with Gasteiger partial charge in [0.05, 0.1) is 13.7 Å². The quantitative estimate of drug-likeness (QED) is 0.355. The van der Waals surface area contributed by atoms with Gasteiger partial charge < -0.3 is 19.7 Å². The Morgan fingerprint density at radius 1 is 1.28 bits per heavy atom. The van der Waals surface area contributed by atoms with Gasteiger partial charge in [0.2, 0.25) is 6.41 Å². The van der Waals surface area contributed by atoms with Crippen LogP contribution < -0.4 is 5.32 Å². The summed E-state index contributed by atoms with van der Waals surface area (Å²) in [6.07, 6.45) is 5.59. The Morgan fingerprint density at radius 2 is 1.94 bits per heavy atom. The summed E-state index contributed by atoms with van der Waals surface area (Å²) >= 11 is 0. The van der Waals surface area contributed by atoms with Gasteiger partial charge in [-0.05, 0) is 0 Å². The molecule has 0 saturated carbocycles. The van der Waals surface area contributed by atoms with Gasteiger partial charge in [0.15, 0.2) is 0 Å². The Hall–Kier alpha value is -2.31. The first-order valence-electron chi connectivity index (χ1n) is 5.11. The van der Waals surface area contributed by atoms with Crippen molar-refractivity contribution in [3.05, 3.63) is 24.6 Å². The third kappa shape index (κ3) is 7.91. The summed E-state index contributed by atoms with van der Waals surface area (Å²) in [5, 5.41) is 2.72. The van der Waals surface area contributed by atoms with Gasteiger partial charge in [-0.3, -0.25) is 4.79 Å². The molecule has 0 aromatic carbocycles. The number of methoxy groups -OCH3 is 1. The molecule has 0 aromatic rings. The van der Waals surface area contributed by atoms with Gasteiger partial charge in [-0.2, -0.15) is 0 Å². The van der Waals surface area contributed by atoms with Crippen LogP contribution in [0.5, 0.6) is 0 Å². The Bertz CT molecular complexity index is 338. The molecule has 0 aliphatic rings. The van der Waals surface area contributed by atoms with Crippen LogP contribution in [-0.4, -0.2) is 50.6 Å². The molecule has 7 heteroatoms. The summed E-state index contributed by atoms with van der Waals surface area (Å²) in [5.74, 6) is -1.32. The number of hydrogen-bond donors (Lipinski definition) is 1. The second-order valence-electron chi connectivity index (χ2n) is 2.97. The van der Waals surface area contributed by atoms with Crippen LogP contribution in [0.3, 0.4) is 0 Å². The van der Waals surface area contributed by atoms with Crippen molar-refractivity contribution >= 4 is 18.3 Å². The zero-order valence-electron chi connectivity index (χ0n) is 10.3. The van der Waals surface area contributed by atoms with Gasteiger partial charge >= 0.3 is 11.9 Å². The van der Waals surface area contributed by atoms with Crippen molar-refractivity contribution in [1.82, 2.24) is 10.2 Å². The molecular formula is C11H16N2O5. The third-order valence-electron chi connectivity index (χ3n) is 1.72. The smallest absolute Gasteiger partial charge is 0.331 e. The SMILES string of the molecule is CN/C=C\N(C=O)CCOC(=O)/C=C/C(=O)OC. The van der Waals surface area contributed by atoms with Gasteiger partial charge in [0.25, 0.3) is 0 Å². The first-order chi connectivity index (χ1) is 8.63. The van der Waals surface area contributed by atoms with E-state index >= 15 is 0 Å². The van der Waals surface area contributed by atoms with Crippen LogP contribution >= 0.6 is 0 Å². The van der Waals surface area contributed by atoms with E-state index in [0.29, 0.717) is 6.41 Å². The molecule has 0 heterocycles. The molecule has 0 rings (SSSR count). The maximum Gasteiger partial charge on any atom is 0.331 e. The fraction of sp³-hybridized carbons (Fsp3) is 0.364. The number of esters is 2. The van der Waals surface area contributed by atoms with E-state index in [2.05, 4.69) is 10.1 Å². The summed E-state index contributed by atoms with van der Waals surface area (Å²) in [5.41, 5.74) is 0. The highest BCUT2D eigenvalue weighted by atomic mass is 16.5. The minimum Gasteiger partial charge on any atom is -0.466 e. The number of carbonyl (C=O) groups is 3. The summed E-state index contributed by atoms with van der Waals surface area (Å²) in [6, 6.07) is 0. The largest absolute Gasteiger partial charge is 0.466 e. The third-order valence-corrected chi connectivity index (χ3v) is 1.72. The molecule has 0 saturated heterocycles. The van der Waals surface area contributed by atoms with Crippen molar-refractivity contribution in [2.75, 3.05) is 27.3 Å². The lowest BCUT2D eigenvalue weighted by Gasteiger charge is -2.11. The molecule has 0 unspecified atom stereocenters. The molecule has 0 spiro atoms. The number of nitrogens with one attached hydrogen (secondary N) is 1. The summed E-state index contributed by atoms with van der Waals surface area (Å²) < 4.78 is 9.06. The zero-order valence-corrected chi connectivity index (χ0v) is 10.3. The van der Waals surface area contributed by atoms with Gasteiger partial charge in [0.1, 0.15) is 6.61 Å². The maximum absolute atomic E-state index is 11.1. The number of hydrogen-bond acceptors (Lipinski definition) is 6. The zero-order chi connectivity index (χ0) is 13.8. The number of amides is 1. The summed E-state index contributed by atoms with van der Waals surface area (Å²) in [6.45, 7) is 0.247. The lowest BCUT2D eigenvalue weighted by atomic mass is 10.5. The van der Waals surface area contributed by atoms with Crippen molar-refractivity contribution in [2.24, 2.45) is 0 Å². The lowest BCUT2D eigenvalue weighted by Crippen LogP contribution is -2.22. The summed E-state index contributed by atoms with van der Waals surface area (Å²) in [4.78, 5) is 33.6. The highest BCUT2D eigenvalue weighted by molar-refractivity contribution is 5.91. The predicted molar refractivity (Wildman–Crippen MR) is 63.1 cm³/mol. The van der Waals surface area contributed by atoms with Crippen LogP contribution in [0, 0.1) is 0 Å². The van der Waals surface area contributed by atoms with Crippen molar-refractivity contribution in [2.45, 2.75) is 0 Å².